The first-order valence-electron chi connectivity index (χ1n) is 25.5. The Balaban J connectivity index is 1.12. The average molecular weight is 888 g/mol. The number of hydrogen-bond donors (Lipinski definition) is 0. The highest BCUT2D eigenvalue weighted by Gasteiger charge is 2.46. The van der Waals surface area contributed by atoms with E-state index in [-0.39, 0.29) is 10.8 Å². The number of para-hydroxylation sites is 1. The number of hydrogen-bond acceptors (Lipinski definition) is 1. The average Bonchev–Trinajstić information content (AvgIpc) is 3.65. The van der Waals surface area contributed by atoms with Crippen LogP contribution in [0.15, 0.2) is 194 Å². The van der Waals surface area contributed by atoms with Crippen molar-refractivity contribution in [3.8, 4) is 33.4 Å². The molecule has 0 N–H and O–H groups in total. The summed E-state index contributed by atoms with van der Waals surface area (Å²) in [4.78, 5) is 2.49. The first-order chi connectivity index (χ1) is 32.9. The third-order valence-electron chi connectivity index (χ3n) is 15.6. The second kappa shape index (κ2) is 18.6. The molecule has 2 aliphatic rings. The van der Waals surface area contributed by atoms with Crippen LogP contribution in [-0.2, 0) is 16.2 Å². The molecule has 1 saturated carbocycles. The lowest BCUT2D eigenvalue weighted by atomic mass is 9.67. The molecule has 8 aromatic rings. The maximum absolute atomic E-state index is 2.51. The van der Waals surface area contributed by atoms with Gasteiger partial charge in [-0.15, -0.1) is 0 Å². The zero-order chi connectivity index (χ0) is 47.0. The van der Waals surface area contributed by atoms with Crippen LogP contribution >= 0.6 is 0 Å². The molecule has 0 unspecified atom stereocenters. The van der Waals surface area contributed by atoms with E-state index in [1.165, 1.54) is 117 Å². The van der Waals surface area contributed by atoms with Crippen LogP contribution in [0.4, 0.5) is 17.1 Å². The molecule has 0 saturated heterocycles. The summed E-state index contributed by atoms with van der Waals surface area (Å²) in [6.45, 7) is 16.2. The molecule has 8 aromatic carbocycles. The van der Waals surface area contributed by atoms with Crippen LogP contribution in [0.1, 0.15) is 138 Å². The maximum Gasteiger partial charge on any atom is 0.0714 e. The minimum Gasteiger partial charge on any atom is -0.310 e. The van der Waals surface area contributed by atoms with Crippen molar-refractivity contribution in [2.24, 2.45) is 5.92 Å². The molecule has 0 aliphatic heterocycles. The first-order valence-corrected chi connectivity index (χ1v) is 25.5. The van der Waals surface area contributed by atoms with Gasteiger partial charge in [0.05, 0.1) is 11.1 Å². The van der Waals surface area contributed by atoms with Gasteiger partial charge in [0.25, 0.3) is 0 Å². The molecule has 0 radical (unpaired) electrons. The smallest absolute Gasteiger partial charge is 0.0714 e. The number of anilines is 3. The Morgan fingerprint density at radius 1 is 0.441 bits per heavy atom. The van der Waals surface area contributed by atoms with E-state index in [1.54, 1.807) is 0 Å². The molecule has 10 rings (SSSR count). The van der Waals surface area contributed by atoms with Gasteiger partial charge in [-0.1, -0.05) is 244 Å². The predicted octanol–water partition coefficient (Wildman–Crippen LogP) is 18.9. The number of benzene rings is 8. The monoisotopic (exact) mass is 888 g/mol. The van der Waals surface area contributed by atoms with Gasteiger partial charge in [0.1, 0.15) is 0 Å². The number of nitrogens with zero attached hydrogens (tertiary/aromatic N) is 1. The van der Waals surface area contributed by atoms with Crippen molar-refractivity contribution in [3.63, 3.8) is 0 Å². The summed E-state index contributed by atoms with van der Waals surface area (Å²) in [5, 5.41) is 0. The van der Waals surface area contributed by atoms with Crippen molar-refractivity contribution in [2.45, 2.75) is 116 Å². The lowest BCUT2D eigenvalue weighted by molar-refractivity contribution is 0.350. The minimum absolute atomic E-state index is 0.0387. The summed E-state index contributed by atoms with van der Waals surface area (Å²) in [5.41, 5.74) is 19.8. The molecular formula is C67H69N. The Hall–Kier alpha value is -6.44. The van der Waals surface area contributed by atoms with Crippen LogP contribution in [0, 0.1) is 5.92 Å². The molecule has 0 amide bonds. The van der Waals surface area contributed by atoms with E-state index in [0.717, 1.165) is 23.0 Å². The second-order valence-corrected chi connectivity index (χ2v) is 21.9. The quantitative estimate of drug-likeness (QED) is 0.140. The highest BCUT2D eigenvalue weighted by Crippen LogP contribution is 2.58. The SMILES string of the molecule is CCC1CCCC(c2ccc(-c3ccc(N(c4ccc5c(c4)C(c4ccc(C(C)(C)C)cc4)(c4ccc(C(C)(C)C)cc4)c4ccccc4-5)c4ccccc4-c4ccccc4)cc3)cc2)CCC1. The number of rotatable bonds is 9. The Kier molecular flexibility index (Phi) is 12.4. The fourth-order valence-electron chi connectivity index (χ4n) is 11.7. The topological polar surface area (TPSA) is 3.24 Å². The Morgan fingerprint density at radius 2 is 0.941 bits per heavy atom. The fourth-order valence-corrected chi connectivity index (χ4v) is 11.7. The minimum atomic E-state index is -0.552. The van der Waals surface area contributed by atoms with E-state index in [9.17, 15) is 0 Å². The summed E-state index contributed by atoms with van der Waals surface area (Å²) >= 11 is 0. The Labute approximate surface area is 408 Å². The summed E-state index contributed by atoms with van der Waals surface area (Å²) in [6.07, 6.45) is 9.44. The molecular weight excluding hydrogens is 819 g/mol. The molecule has 0 spiro atoms. The summed E-state index contributed by atoms with van der Waals surface area (Å²) in [7, 11) is 0. The third kappa shape index (κ3) is 8.55. The van der Waals surface area contributed by atoms with E-state index in [0.29, 0.717) is 5.92 Å². The van der Waals surface area contributed by atoms with E-state index in [4.69, 9.17) is 0 Å². The predicted molar refractivity (Wildman–Crippen MR) is 291 cm³/mol. The van der Waals surface area contributed by atoms with Gasteiger partial charge in [0.15, 0.2) is 0 Å². The van der Waals surface area contributed by atoms with Crippen LogP contribution in [0.5, 0.6) is 0 Å². The van der Waals surface area contributed by atoms with Crippen LogP contribution in [0.25, 0.3) is 33.4 Å². The maximum atomic E-state index is 2.51. The lowest BCUT2D eigenvalue weighted by Gasteiger charge is -2.36. The summed E-state index contributed by atoms with van der Waals surface area (Å²) in [5.74, 6) is 1.59. The van der Waals surface area contributed by atoms with Crippen molar-refractivity contribution >= 4 is 17.1 Å². The lowest BCUT2D eigenvalue weighted by Crippen LogP contribution is -2.29. The molecule has 0 atom stereocenters. The standard InChI is InChI=1S/C67H69N/c1-8-47-18-16-22-48(23-17-19-47)49-28-30-50(31-29-49)51-32-42-57(43-33-51)68(64-27-15-13-24-59(64)52-20-10-9-11-21-52)58-44-45-61-60-25-12-14-26-62(60)67(63(61)46-58,55-38-34-53(35-39-55)65(2,3)4)56-40-36-54(37-41-56)66(5,6)7/h9-15,20-21,24-48H,8,16-19,22-23H2,1-7H3. The Morgan fingerprint density at radius 3 is 1.51 bits per heavy atom. The van der Waals surface area contributed by atoms with Gasteiger partial charge in [-0.2, -0.15) is 0 Å². The number of fused-ring (bicyclic) bond motifs is 3. The van der Waals surface area contributed by atoms with Crippen LogP contribution in [0.3, 0.4) is 0 Å². The molecule has 0 aromatic heterocycles. The summed E-state index contributed by atoms with van der Waals surface area (Å²) < 4.78 is 0. The van der Waals surface area contributed by atoms with Gasteiger partial charge in [-0.05, 0) is 133 Å². The largest absolute Gasteiger partial charge is 0.310 e. The molecule has 2 aliphatic carbocycles. The van der Waals surface area contributed by atoms with Crippen LogP contribution in [-0.4, -0.2) is 0 Å². The van der Waals surface area contributed by atoms with Crippen molar-refractivity contribution < 1.29 is 0 Å². The van der Waals surface area contributed by atoms with Crippen LogP contribution < -0.4 is 4.90 Å². The van der Waals surface area contributed by atoms with E-state index in [2.05, 4.69) is 247 Å². The summed E-state index contributed by atoms with van der Waals surface area (Å²) in [6, 6.07) is 74.1. The molecule has 1 heteroatoms. The highest BCUT2D eigenvalue weighted by molar-refractivity contribution is 5.92. The first kappa shape index (κ1) is 45.3. The van der Waals surface area contributed by atoms with E-state index in [1.807, 2.05) is 0 Å². The van der Waals surface area contributed by atoms with Crippen molar-refractivity contribution in [1.29, 1.82) is 0 Å². The van der Waals surface area contributed by atoms with E-state index >= 15 is 0 Å². The zero-order valence-electron chi connectivity index (χ0n) is 41.5. The molecule has 1 fully saturated rings. The molecule has 1 nitrogen and oxygen atoms in total. The molecule has 0 bridgehead atoms. The van der Waals surface area contributed by atoms with Gasteiger partial charge in [0, 0.05) is 16.9 Å². The van der Waals surface area contributed by atoms with Gasteiger partial charge >= 0.3 is 0 Å². The molecule has 68 heavy (non-hydrogen) atoms. The van der Waals surface area contributed by atoms with Crippen molar-refractivity contribution in [1.82, 2.24) is 0 Å². The zero-order valence-corrected chi connectivity index (χ0v) is 41.5. The van der Waals surface area contributed by atoms with Gasteiger partial charge in [-0.25, -0.2) is 0 Å². The molecule has 0 heterocycles. The van der Waals surface area contributed by atoms with Crippen LogP contribution in [0.2, 0.25) is 0 Å². The fraction of sp³-hybridized carbons (Fsp3) is 0.284. The van der Waals surface area contributed by atoms with E-state index < -0.39 is 5.41 Å². The van der Waals surface area contributed by atoms with Gasteiger partial charge in [-0.3, -0.25) is 0 Å². The normalized spacial score (nSPS) is 16.9. The van der Waals surface area contributed by atoms with Gasteiger partial charge in [0.2, 0.25) is 0 Å². The second-order valence-electron chi connectivity index (χ2n) is 21.9. The van der Waals surface area contributed by atoms with Crippen molar-refractivity contribution in [3.05, 3.63) is 233 Å². The molecule has 342 valence electrons. The Bertz CT molecular complexity index is 2910. The highest BCUT2D eigenvalue weighted by atomic mass is 15.1. The third-order valence-corrected chi connectivity index (χ3v) is 15.6. The van der Waals surface area contributed by atoms with Gasteiger partial charge < -0.3 is 4.90 Å². The van der Waals surface area contributed by atoms with Crippen molar-refractivity contribution in [2.75, 3.05) is 4.90 Å².